The van der Waals surface area contributed by atoms with Crippen molar-refractivity contribution in [3.63, 3.8) is 0 Å². The van der Waals surface area contributed by atoms with Crippen LogP contribution in [0.15, 0.2) is 57.3 Å². The van der Waals surface area contributed by atoms with E-state index in [9.17, 15) is 9.59 Å². The van der Waals surface area contributed by atoms with Crippen molar-refractivity contribution in [3.8, 4) is 11.4 Å². The van der Waals surface area contributed by atoms with E-state index in [2.05, 4.69) is 20.5 Å². The van der Waals surface area contributed by atoms with Gasteiger partial charge >= 0.3 is 0 Å². The van der Waals surface area contributed by atoms with Crippen LogP contribution in [0.3, 0.4) is 0 Å². The van der Waals surface area contributed by atoms with Crippen molar-refractivity contribution in [1.29, 1.82) is 0 Å². The molecule has 9 nitrogen and oxygen atoms in total. The van der Waals surface area contributed by atoms with E-state index in [1.54, 1.807) is 18.2 Å². The fraction of sp³-hybridized carbons (Fsp3) is 0.238. The van der Waals surface area contributed by atoms with Crippen LogP contribution in [0.2, 0.25) is 5.02 Å². The molecule has 2 aromatic carbocycles. The van der Waals surface area contributed by atoms with E-state index in [1.165, 1.54) is 5.01 Å². The Labute approximate surface area is 182 Å². The number of hydrogen-bond donors (Lipinski definition) is 0. The normalized spacial score (nSPS) is 20.1. The van der Waals surface area contributed by atoms with Crippen LogP contribution in [-0.4, -0.2) is 39.0 Å². The lowest BCUT2D eigenvalue weighted by Crippen LogP contribution is -2.39. The Hall–Kier alpha value is -3.59. The molecule has 0 spiro atoms. The number of carbonyl (C=O) groups excluding carboxylic acids is 2. The van der Waals surface area contributed by atoms with Gasteiger partial charge < -0.3 is 4.52 Å². The molecular formula is C21H17ClN6O3. The summed E-state index contributed by atoms with van der Waals surface area (Å²) in [5.41, 5.74) is 3.21. The summed E-state index contributed by atoms with van der Waals surface area (Å²) in [5.74, 6) is -0.148. The fourth-order valence-electron chi connectivity index (χ4n) is 3.61. The standard InChI is InChI=1S/C21H17ClN6O3/c1-11-3-6-13(7-4-11)19-23-16(31-25-19)10-27-18-17(24-26-27)20(29)28(21(18)30)14-8-5-12(2)15(22)9-14/h3-9,17-18H,10H2,1-2H3/t17-,18-/m1/s1. The van der Waals surface area contributed by atoms with E-state index in [0.717, 1.165) is 21.6 Å². The van der Waals surface area contributed by atoms with Crippen LogP contribution < -0.4 is 4.90 Å². The maximum Gasteiger partial charge on any atom is 0.263 e. The lowest BCUT2D eigenvalue weighted by atomic mass is 10.1. The molecule has 10 heteroatoms. The van der Waals surface area contributed by atoms with Gasteiger partial charge in [0.25, 0.3) is 11.8 Å². The highest BCUT2D eigenvalue weighted by Crippen LogP contribution is 2.34. The quantitative estimate of drug-likeness (QED) is 0.580. The maximum atomic E-state index is 13.1. The van der Waals surface area contributed by atoms with Gasteiger partial charge in [-0.05, 0) is 31.5 Å². The molecule has 1 saturated heterocycles. The monoisotopic (exact) mass is 436 g/mol. The van der Waals surface area contributed by atoms with Crippen LogP contribution >= 0.6 is 11.6 Å². The number of rotatable bonds is 4. The summed E-state index contributed by atoms with van der Waals surface area (Å²) in [5, 5.41) is 13.9. The molecular weight excluding hydrogens is 420 g/mol. The highest BCUT2D eigenvalue weighted by Gasteiger charge is 2.55. The highest BCUT2D eigenvalue weighted by atomic mass is 35.5. The van der Waals surface area contributed by atoms with Crippen molar-refractivity contribution in [2.45, 2.75) is 32.5 Å². The molecule has 1 fully saturated rings. The molecule has 0 radical (unpaired) electrons. The van der Waals surface area contributed by atoms with Crippen LogP contribution in [0.25, 0.3) is 11.4 Å². The lowest BCUT2D eigenvalue weighted by Gasteiger charge is -2.19. The van der Waals surface area contributed by atoms with Crippen molar-refractivity contribution in [1.82, 2.24) is 15.1 Å². The number of hydrogen-bond acceptors (Lipinski definition) is 8. The molecule has 156 valence electrons. The number of nitrogens with zero attached hydrogens (tertiary/aromatic N) is 6. The van der Waals surface area contributed by atoms with Crippen LogP contribution in [0.5, 0.6) is 0 Å². The van der Waals surface area contributed by atoms with Gasteiger partial charge in [0.05, 0.1) is 5.69 Å². The average molecular weight is 437 g/mol. The number of imide groups is 1. The van der Waals surface area contributed by atoms with E-state index in [0.29, 0.717) is 16.5 Å². The Morgan fingerprint density at radius 1 is 1.06 bits per heavy atom. The highest BCUT2D eigenvalue weighted by molar-refractivity contribution is 6.32. The van der Waals surface area contributed by atoms with Crippen molar-refractivity contribution >= 4 is 29.1 Å². The van der Waals surface area contributed by atoms with Gasteiger partial charge in [-0.25, -0.2) is 4.90 Å². The maximum absolute atomic E-state index is 13.1. The summed E-state index contributed by atoms with van der Waals surface area (Å²) in [7, 11) is 0. The Morgan fingerprint density at radius 3 is 2.58 bits per heavy atom. The van der Waals surface area contributed by atoms with Gasteiger partial charge in [0.15, 0.2) is 12.1 Å². The van der Waals surface area contributed by atoms with Crippen molar-refractivity contribution in [2.75, 3.05) is 4.90 Å². The lowest BCUT2D eigenvalue weighted by molar-refractivity contribution is -0.123. The third kappa shape index (κ3) is 3.27. The number of benzene rings is 2. The zero-order valence-corrected chi connectivity index (χ0v) is 17.4. The Bertz CT molecular complexity index is 1220. The second-order valence-corrected chi connectivity index (χ2v) is 7.92. The summed E-state index contributed by atoms with van der Waals surface area (Å²) in [6.07, 6.45) is 0. The number of fused-ring (bicyclic) bond motifs is 1. The summed E-state index contributed by atoms with van der Waals surface area (Å²) in [6.45, 7) is 3.90. The zero-order chi connectivity index (χ0) is 21.7. The number of amides is 2. The van der Waals surface area contributed by atoms with E-state index < -0.39 is 23.9 Å². The molecule has 0 N–H and O–H groups in total. The molecule has 0 saturated carbocycles. The van der Waals surface area contributed by atoms with E-state index >= 15 is 0 Å². The van der Waals surface area contributed by atoms with E-state index in [1.807, 2.05) is 38.1 Å². The Kier molecular flexibility index (Phi) is 4.55. The summed E-state index contributed by atoms with van der Waals surface area (Å²) >= 11 is 6.18. The Balaban J connectivity index is 1.36. The van der Waals surface area contributed by atoms with Gasteiger partial charge in [0.2, 0.25) is 11.7 Å². The van der Waals surface area contributed by atoms with Gasteiger partial charge in [-0.2, -0.15) is 10.1 Å². The largest absolute Gasteiger partial charge is 0.337 e. The van der Waals surface area contributed by atoms with Gasteiger partial charge in [0, 0.05) is 10.6 Å². The molecule has 5 rings (SSSR count). The molecule has 2 amide bonds. The fourth-order valence-corrected chi connectivity index (χ4v) is 3.78. The van der Waals surface area contributed by atoms with Crippen LogP contribution in [0.1, 0.15) is 17.0 Å². The predicted molar refractivity (Wildman–Crippen MR) is 111 cm³/mol. The topological polar surface area (TPSA) is 104 Å². The molecule has 1 aromatic heterocycles. The third-order valence-electron chi connectivity index (χ3n) is 5.35. The number of halogens is 1. The molecule has 0 aliphatic carbocycles. The molecule has 31 heavy (non-hydrogen) atoms. The molecule has 3 aromatic rings. The smallest absolute Gasteiger partial charge is 0.263 e. The minimum absolute atomic E-state index is 0.0606. The van der Waals surface area contributed by atoms with Crippen molar-refractivity contribution in [3.05, 3.63) is 64.5 Å². The van der Waals surface area contributed by atoms with E-state index in [-0.39, 0.29) is 12.4 Å². The summed E-state index contributed by atoms with van der Waals surface area (Å²) in [4.78, 5) is 31.4. The second-order valence-electron chi connectivity index (χ2n) is 7.52. The second kappa shape index (κ2) is 7.28. The Morgan fingerprint density at radius 2 is 1.84 bits per heavy atom. The first-order valence-electron chi connectivity index (χ1n) is 9.63. The number of carbonyl (C=O) groups is 2. The molecule has 0 unspecified atom stereocenters. The third-order valence-corrected chi connectivity index (χ3v) is 5.75. The molecule has 0 bridgehead atoms. The van der Waals surface area contributed by atoms with Crippen molar-refractivity contribution in [2.24, 2.45) is 10.3 Å². The minimum atomic E-state index is -0.910. The molecule has 2 aliphatic rings. The van der Waals surface area contributed by atoms with Crippen LogP contribution in [0, 0.1) is 13.8 Å². The first-order chi connectivity index (χ1) is 14.9. The van der Waals surface area contributed by atoms with E-state index in [4.69, 9.17) is 16.1 Å². The molecule has 2 aliphatic heterocycles. The van der Waals surface area contributed by atoms with Gasteiger partial charge in [-0.15, -0.1) is 0 Å². The van der Waals surface area contributed by atoms with Crippen LogP contribution in [-0.2, 0) is 16.1 Å². The SMILES string of the molecule is Cc1ccc(-c2noc(CN3N=N[C@H]4C(=O)N(c5ccc(C)c(Cl)c5)C(=O)[C@@H]43)n2)cc1. The van der Waals surface area contributed by atoms with Gasteiger partial charge in [-0.1, -0.05) is 57.9 Å². The first kappa shape index (κ1) is 19.4. The van der Waals surface area contributed by atoms with Gasteiger partial charge in [0.1, 0.15) is 6.54 Å². The van der Waals surface area contributed by atoms with Crippen LogP contribution in [0.4, 0.5) is 5.69 Å². The number of aromatic nitrogens is 2. The number of aryl methyl sites for hydroxylation is 2. The molecule has 2 atom stereocenters. The van der Waals surface area contributed by atoms with Gasteiger partial charge in [-0.3, -0.25) is 14.6 Å². The summed E-state index contributed by atoms with van der Waals surface area (Å²) in [6, 6.07) is 11.0. The average Bonchev–Trinajstić information content (AvgIpc) is 3.44. The molecule has 3 heterocycles. The zero-order valence-electron chi connectivity index (χ0n) is 16.7. The minimum Gasteiger partial charge on any atom is -0.337 e. The summed E-state index contributed by atoms with van der Waals surface area (Å²) < 4.78 is 5.33. The predicted octanol–water partition coefficient (Wildman–Crippen LogP) is 3.50. The number of anilines is 1. The first-order valence-corrected chi connectivity index (χ1v) is 10.0. The van der Waals surface area contributed by atoms with Crippen molar-refractivity contribution < 1.29 is 14.1 Å².